The van der Waals surface area contributed by atoms with Gasteiger partial charge in [-0.2, -0.15) is 0 Å². The van der Waals surface area contributed by atoms with E-state index in [1.165, 1.54) is 18.2 Å². The number of nitrogens with one attached hydrogen (secondary N) is 1. The third-order valence-electron chi connectivity index (χ3n) is 5.08. The molecule has 1 amide bonds. The van der Waals surface area contributed by atoms with Crippen molar-refractivity contribution in [2.45, 2.75) is 38.9 Å². The van der Waals surface area contributed by atoms with Gasteiger partial charge in [-0.3, -0.25) is 9.59 Å². The molecule has 3 rings (SSSR count). The van der Waals surface area contributed by atoms with E-state index >= 15 is 0 Å². The number of esters is 2. The fraction of sp³-hybridized carbons (Fsp3) is 0.500. The lowest BCUT2D eigenvalue weighted by molar-refractivity contribution is -0.147. The number of carbonyl (C=O) groups excluding carboxylic acids is 3. The van der Waals surface area contributed by atoms with E-state index in [2.05, 4.69) is 5.32 Å². The Morgan fingerprint density at radius 2 is 1.48 bits per heavy atom. The van der Waals surface area contributed by atoms with Gasteiger partial charge in [-0.05, 0) is 44.9 Å². The molecule has 29 heavy (non-hydrogen) atoms. The molecule has 9 nitrogen and oxygen atoms in total. The average Bonchev–Trinajstić information content (AvgIpc) is 3.29. The average molecular weight is 405 g/mol. The van der Waals surface area contributed by atoms with Crippen LogP contribution in [0.3, 0.4) is 0 Å². The van der Waals surface area contributed by atoms with Gasteiger partial charge in [0.05, 0.1) is 48.4 Å². The lowest BCUT2D eigenvalue weighted by Crippen LogP contribution is -2.41. The first-order valence-electron chi connectivity index (χ1n) is 9.54. The summed E-state index contributed by atoms with van der Waals surface area (Å²) in [6.07, 6.45) is 0.285. The number of amides is 1. The SMILES string of the molecule is CCOC(=O)c1cc(NC(=O)[C@@H]2[C@@H](C(=O)O)[C@H]3CC[C@H]2O3)cc(C(=O)OCC)c1. The van der Waals surface area contributed by atoms with E-state index in [9.17, 15) is 24.3 Å². The van der Waals surface area contributed by atoms with Gasteiger partial charge in [-0.25, -0.2) is 9.59 Å². The zero-order valence-corrected chi connectivity index (χ0v) is 16.2. The maximum Gasteiger partial charge on any atom is 0.338 e. The Bertz CT molecular complexity index is 800. The summed E-state index contributed by atoms with van der Waals surface area (Å²) in [6.45, 7) is 3.59. The normalized spacial score (nSPS) is 24.8. The number of carboxylic acids is 1. The number of benzene rings is 1. The van der Waals surface area contributed by atoms with Crippen molar-refractivity contribution in [1.82, 2.24) is 0 Å². The molecule has 0 saturated carbocycles. The number of fused-ring (bicyclic) bond motifs is 2. The third kappa shape index (κ3) is 4.24. The molecule has 0 aromatic heterocycles. The zero-order valence-electron chi connectivity index (χ0n) is 16.2. The molecule has 4 atom stereocenters. The number of hydrogen-bond acceptors (Lipinski definition) is 7. The molecule has 2 N–H and O–H groups in total. The van der Waals surface area contributed by atoms with Crippen molar-refractivity contribution in [3.8, 4) is 0 Å². The van der Waals surface area contributed by atoms with E-state index in [0.717, 1.165) is 0 Å². The largest absolute Gasteiger partial charge is 0.481 e. The maximum absolute atomic E-state index is 12.8. The van der Waals surface area contributed by atoms with E-state index in [4.69, 9.17) is 14.2 Å². The zero-order chi connectivity index (χ0) is 21.1. The molecular weight excluding hydrogens is 382 g/mol. The molecule has 2 bridgehead atoms. The first kappa shape index (κ1) is 20.8. The van der Waals surface area contributed by atoms with Gasteiger partial charge in [-0.1, -0.05) is 0 Å². The Morgan fingerprint density at radius 1 is 0.966 bits per heavy atom. The molecule has 2 aliphatic heterocycles. The van der Waals surface area contributed by atoms with E-state index in [0.29, 0.717) is 12.8 Å². The van der Waals surface area contributed by atoms with Gasteiger partial charge in [0.2, 0.25) is 5.91 Å². The highest BCUT2D eigenvalue weighted by Gasteiger charge is 2.55. The van der Waals surface area contributed by atoms with E-state index < -0.39 is 47.9 Å². The van der Waals surface area contributed by atoms with Crippen molar-refractivity contribution < 1.29 is 38.5 Å². The van der Waals surface area contributed by atoms with Crippen LogP contribution in [-0.2, 0) is 23.8 Å². The number of carbonyl (C=O) groups is 4. The molecule has 0 aliphatic carbocycles. The predicted octanol–water partition coefficient (Wildman–Crippen LogP) is 1.86. The topological polar surface area (TPSA) is 128 Å². The lowest BCUT2D eigenvalue weighted by Gasteiger charge is -2.24. The standard InChI is InChI=1S/C20H23NO8/c1-3-27-19(25)10-7-11(20(26)28-4-2)9-12(8-10)21-17(22)15-13-5-6-14(29-13)16(15)18(23)24/h7-9,13-16H,3-6H2,1-2H3,(H,21,22)(H,23,24)/t13-,14-,15+,16+/m1/s1. The van der Waals surface area contributed by atoms with Crippen LogP contribution in [0.15, 0.2) is 18.2 Å². The second-order valence-corrected chi connectivity index (χ2v) is 6.91. The Kier molecular flexibility index (Phi) is 6.17. The smallest absolute Gasteiger partial charge is 0.338 e. The highest BCUT2D eigenvalue weighted by molar-refractivity contribution is 6.01. The van der Waals surface area contributed by atoms with Crippen LogP contribution < -0.4 is 5.32 Å². The molecule has 2 aliphatic rings. The minimum atomic E-state index is -1.08. The fourth-order valence-corrected chi connectivity index (χ4v) is 3.91. The monoisotopic (exact) mass is 405 g/mol. The molecule has 0 radical (unpaired) electrons. The first-order valence-corrected chi connectivity index (χ1v) is 9.54. The van der Waals surface area contributed by atoms with E-state index in [1.54, 1.807) is 13.8 Å². The molecule has 0 spiro atoms. The van der Waals surface area contributed by atoms with Crippen LogP contribution in [0.25, 0.3) is 0 Å². The molecule has 2 heterocycles. The second-order valence-electron chi connectivity index (χ2n) is 6.91. The Morgan fingerprint density at radius 3 is 1.97 bits per heavy atom. The molecule has 1 aromatic carbocycles. The number of carboxylic acid groups (broad SMARTS) is 1. The van der Waals surface area contributed by atoms with Crippen LogP contribution in [0.5, 0.6) is 0 Å². The summed E-state index contributed by atoms with van der Waals surface area (Å²) in [7, 11) is 0. The van der Waals surface area contributed by atoms with Gasteiger partial charge >= 0.3 is 17.9 Å². The van der Waals surface area contributed by atoms with Crippen LogP contribution >= 0.6 is 0 Å². The van der Waals surface area contributed by atoms with Crippen LogP contribution in [-0.4, -0.2) is 54.3 Å². The number of anilines is 1. The lowest BCUT2D eigenvalue weighted by atomic mass is 9.78. The Labute approximate surface area is 167 Å². The highest BCUT2D eigenvalue weighted by atomic mass is 16.5. The van der Waals surface area contributed by atoms with Gasteiger partial charge < -0.3 is 24.6 Å². The van der Waals surface area contributed by atoms with E-state index in [-0.39, 0.29) is 30.0 Å². The van der Waals surface area contributed by atoms with Crippen molar-refractivity contribution in [2.75, 3.05) is 18.5 Å². The number of hydrogen-bond donors (Lipinski definition) is 2. The van der Waals surface area contributed by atoms with Gasteiger partial charge in [0.15, 0.2) is 0 Å². The van der Waals surface area contributed by atoms with Crippen LogP contribution in [0, 0.1) is 11.8 Å². The predicted molar refractivity (Wildman–Crippen MR) is 99.5 cm³/mol. The molecule has 156 valence electrons. The molecular formula is C20H23NO8. The van der Waals surface area contributed by atoms with Crippen LogP contribution in [0.4, 0.5) is 5.69 Å². The Hall–Kier alpha value is -2.94. The first-order chi connectivity index (χ1) is 13.8. The summed E-state index contributed by atoms with van der Waals surface area (Å²) in [5.41, 5.74) is 0.328. The summed E-state index contributed by atoms with van der Waals surface area (Å²) in [6, 6.07) is 4.08. The van der Waals surface area contributed by atoms with Gasteiger partial charge in [0, 0.05) is 5.69 Å². The minimum Gasteiger partial charge on any atom is -0.481 e. The molecule has 1 aromatic rings. The number of aliphatic carboxylic acids is 1. The van der Waals surface area contributed by atoms with Crippen molar-refractivity contribution in [1.29, 1.82) is 0 Å². The number of rotatable bonds is 7. The fourth-order valence-electron chi connectivity index (χ4n) is 3.91. The molecule has 2 saturated heterocycles. The van der Waals surface area contributed by atoms with Gasteiger partial charge in [0.1, 0.15) is 0 Å². The van der Waals surface area contributed by atoms with E-state index in [1.807, 2.05) is 0 Å². The second kappa shape index (κ2) is 8.60. The molecule has 9 heteroatoms. The summed E-state index contributed by atoms with van der Waals surface area (Å²) in [4.78, 5) is 48.7. The van der Waals surface area contributed by atoms with Crippen molar-refractivity contribution in [3.63, 3.8) is 0 Å². The summed E-state index contributed by atoms with van der Waals surface area (Å²) < 4.78 is 15.6. The Balaban J connectivity index is 1.87. The highest BCUT2D eigenvalue weighted by Crippen LogP contribution is 2.44. The van der Waals surface area contributed by atoms with Crippen LogP contribution in [0.1, 0.15) is 47.4 Å². The van der Waals surface area contributed by atoms with Crippen molar-refractivity contribution >= 4 is 29.5 Å². The van der Waals surface area contributed by atoms with Gasteiger partial charge in [0.25, 0.3) is 0 Å². The maximum atomic E-state index is 12.8. The molecule has 0 unspecified atom stereocenters. The third-order valence-corrected chi connectivity index (χ3v) is 5.08. The minimum absolute atomic E-state index is 0.0756. The molecule has 2 fully saturated rings. The van der Waals surface area contributed by atoms with Crippen molar-refractivity contribution in [2.24, 2.45) is 11.8 Å². The number of ether oxygens (including phenoxy) is 3. The summed E-state index contributed by atoms with van der Waals surface area (Å²) in [5.74, 6) is -4.68. The van der Waals surface area contributed by atoms with Crippen molar-refractivity contribution in [3.05, 3.63) is 29.3 Å². The summed E-state index contributed by atoms with van der Waals surface area (Å²) in [5, 5.41) is 12.1. The van der Waals surface area contributed by atoms with Crippen LogP contribution in [0.2, 0.25) is 0 Å². The quantitative estimate of drug-likeness (QED) is 0.658. The van der Waals surface area contributed by atoms with Gasteiger partial charge in [-0.15, -0.1) is 0 Å². The summed E-state index contributed by atoms with van der Waals surface area (Å²) >= 11 is 0.